The van der Waals surface area contributed by atoms with Crippen molar-refractivity contribution in [3.8, 4) is 0 Å². The standard InChI is InChI=1S/C19H26N6/c1-2-5-17(6-3-1)18-22-13-16(14-23-18)15-24-9-11-25(12-10-24)19-20-7-4-8-21-19/h4,7-8,13-14,17H,1-3,5-6,9-12,15H2. The Balaban J connectivity index is 1.29. The van der Waals surface area contributed by atoms with E-state index in [1.54, 1.807) is 12.4 Å². The molecule has 2 aromatic heterocycles. The molecule has 6 nitrogen and oxygen atoms in total. The third-order valence-electron chi connectivity index (χ3n) is 5.31. The summed E-state index contributed by atoms with van der Waals surface area (Å²) in [5, 5.41) is 0. The minimum Gasteiger partial charge on any atom is -0.338 e. The van der Waals surface area contributed by atoms with Crippen LogP contribution in [-0.4, -0.2) is 51.0 Å². The van der Waals surface area contributed by atoms with Crippen molar-refractivity contribution < 1.29 is 0 Å². The number of hydrogen-bond acceptors (Lipinski definition) is 6. The van der Waals surface area contributed by atoms with Gasteiger partial charge in [0, 0.05) is 69.0 Å². The van der Waals surface area contributed by atoms with Gasteiger partial charge in [0.1, 0.15) is 5.82 Å². The predicted molar refractivity (Wildman–Crippen MR) is 97.4 cm³/mol. The van der Waals surface area contributed by atoms with Gasteiger partial charge in [-0.25, -0.2) is 19.9 Å². The van der Waals surface area contributed by atoms with Crippen molar-refractivity contribution in [2.75, 3.05) is 31.1 Å². The van der Waals surface area contributed by atoms with E-state index in [2.05, 4.69) is 29.7 Å². The van der Waals surface area contributed by atoms with Crippen molar-refractivity contribution in [3.05, 3.63) is 42.2 Å². The molecule has 6 heteroatoms. The summed E-state index contributed by atoms with van der Waals surface area (Å²) < 4.78 is 0. The number of aromatic nitrogens is 4. The van der Waals surface area contributed by atoms with Gasteiger partial charge in [0.2, 0.25) is 5.95 Å². The molecule has 1 aliphatic carbocycles. The molecule has 3 heterocycles. The van der Waals surface area contributed by atoms with Gasteiger partial charge in [-0.1, -0.05) is 19.3 Å². The van der Waals surface area contributed by atoms with Crippen LogP contribution in [0.2, 0.25) is 0 Å². The van der Waals surface area contributed by atoms with E-state index in [9.17, 15) is 0 Å². The summed E-state index contributed by atoms with van der Waals surface area (Å²) >= 11 is 0. The first-order valence-corrected chi connectivity index (χ1v) is 9.43. The van der Waals surface area contributed by atoms with Crippen LogP contribution in [0.3, 0.4) is 0 Å². The molecule has 2 aliphatic rings. The summed E-state index contributed by atoms with van der Waals surface area (Å²) in [7, 11) is 0. The van der Waals surface area contributed by atoms with E-state index < -0.39 is 0 Å². The molecule has 0 spiro atoms. The maximum atomic E-state index is 4.66. The molecule has 0 amide bonds. The molecule has 0 bridgehead atoms. The maximum absolute atomic E-state index is 4.66. The average molecular weight is 338 g/mol. The largest absolute Gasteiger partial charge is 0.338 e. The molecule has 0 N–H and O–H groups in total. The fourth-order valence-electron chi connectivity index (χ4n) is 3.84. The van der Waals surface area contributed by atoms with Crippen molar-refractivity contribution in [1.29, 1.82) is 0 Å². The Kier molecular flexibility index (Phi) is 5.16. The molecule has 0 radical (unpaired) electrons. The lowest BCUT2D eigenvalue weighted by molar-refractivity contribution is 0.248. The summed E-state index contributed by atoms with van der Waals surface area (Å²) in [4.78, 5) is 22.7. The number of nitrogens with zero attached hydrogens (tertiary/aromatic N) is 6. The second-order valence-corrected chi connectivity index (χ2v) is 7.10. The van der Waals surface area contributed by atoms with Gasteiger partial charge < -0.3 is 4.90 Å². The van der Waals surface area contributed by atoms with E-state index in [1.165, 1.54) is 37.7 Å². The van der Waals surface area contributed by atoms with Crippen LogP contribution in [0.1, 0.15) is 49.4 Å². The van der Waals surface area contributed by atoms with Crippen molar-refractivity contribution >= 4 is 5.95 Å². The highest BCUT2D eigenvalue weighted by atomic mass is 15.3. The summed E-state index contributed by atoms with van der Waals surface area (Å²) in [5.74, 6) is 2.47. The van der Waals surface area contributed by atoms with Crippen LogP contribution in [0.5, 0.6) is 0 Å². The van der Waals surface area contributed by atoms with Crippen LogP contribution in [0.4, 0.5) is 5.95 Å². The van der Waals surface area contributed by atoms with Gasteiger partial charge in [0.25, 0.3) is 0 Å². The molecule has 2 aromatic rings. The monoisotopic (exact) mass is 338 g/mol. The molecule has 1 aliphatic heterocycles. The van der Waals surface area contributed by atoms with Crippen LogP contribution < -0.4 is 4.90 Å². The van der Waals surface area contributed by atoms with Gasteiger partial charge in [-0.05, 0) is 18.9 Å². The van der Waals surface area contributed by atoms with Crippen molar-refractivity contribution in [1.82, 2.24) is 24.8 Å². The minimum absolute atomic E-state index is 0.581. The number of piperazine rings is 1. The van der Waals surface area contributed by atoms with Gasteiger partial charge in [-0.3, -0.25) is 4.90 Å². The third kappa shape index (κ3) is 4.12. The molecular formula is C19H26N6. The lowest BCUT2D eigenvalue weighted by atomic mass is 9.89. The lowest BCUT2D eigenvalue weighted by Crippen LogP contribution is -2.46. The van der Waals surface area contributed by atoms with Crippen molar-refractivity contribution in [2.24, 2.45) is 0 Å². The second-order valence-electron chi connectivity index (χ2n) is 7.10. The zero-order valence-electron chi connectivity index (χ0n) is 14.7. The number of rotatable bonds is 4. The molecule has 0 atom stereocenters. The Hall–Kier alpha value is -2.08. The highest BCUT2D eigenvalue weighted by molar-refractivity contribution is 5.29. The Labute approximate surface area is 149 Å². The van der Waals surface area contributed by atoms with Crippen molar-refractivity contribution in [2.45, 2.75) is 44.6 Å². The SMILES string of the molecule is c1cnc(N2CCN(Cc3cnc(C4CCCCC4)nc3)CC2)nc1. The molecule has 132 valence electrons. The van der Waals surface area contributed by atoms with E-state index in [-0.39, 0.29) is 0 Å². The molecule has 4 rings (SSSR count). The molecule has 1 saturated carbocycles. The first kappa shape index (κ1) is 16.4. The van der Waals surface area contributed by atoms with Gasteiger partial charge in [-0.15, -0.1) is 0 Å². The third-order valence-corrected chi connectivity index (χ3v) is 5.31. The van der Waals surface area contributed by atoms with Crippen molar-refractivity contribution in [3.63, 3.8) is 0 Å². The first-order chi connectivity index (χ1) is 12.4. The van der Waals surface area contributed by atoms with E-state index in [4.69, 9.17) is 0 Å². The predicted octanol–water partition coefficient (Wildman–Crippen LogP) is 2.64. The Bertz CT molecular complexity index is 645. The summed E-state index contributed by atoms with van der Waals surface area (Å²) in [5.41, 5.74) is 1.21. The van der Waals surface area contributed by atoms with E-state index in [0.29, 0.717) is 5.92 Å². The Morgan fingerprint density at radius 2 is 1.52 bits per heavy atom. The Morgan fingerprint density at radius 3 is 2.20 bits per heavy atom. The highest BCUT2D eigenvalue weighted by Gasteiger charge is 2.20. The quantitative estimate of drug-likeness (QED) is 0.854. The summed E-state index contributed by atoms with van der Waals surface area (Å²) in [6, 6.07) is 1.86. The van der Waals surface area contributed by atoms with Crippen LogP contribution >= 0.6 is 0 Å². The summed E-state index contributed by atoms with van der Waals surface area (Å²) in [6.07, 6.45) is 14.2. The molecule has 25 heavy (non-hydrogen) atoms. The zero-order valence-corrected chi connectivity index (χ0v) is 14.7. The summed E-state index contributed by atoms with van der Waals surface area (Å²) in [6.45, 7) is 4.88. The van der Waals surface area contributed by atoms with E-state index in [1.807, 2.05) is 18.5 Å². The number of anilines is 1. The number of hydrogen-bond donors (Lipinski definition) is 0. The Morgan fingerprint density at radius 1 is 0.840 bits per heavy atom. The first-order valence-electron chi connectivity index (χ1n) is 9.43. The molecule has 0 aromatic carbocycles. The second kappa shape index (κ2) is 7.87. The maximum Gasteiger partial charge on any atom is 0.225 e. The van der Waals surface area contributed by atoms with Gasteiger partial charge in [0.05, 0.1) is 0 Å². The van der Waals surface area contributed by atoms with Crippen LogP contribution in [0, 0.1) is 0 Å². The highest BCUT2D eigenvalue weighted by Crippen LogP contribution is 2.30. The molecule has 1 saturated heterocycles. The normalized spacial score (nSPS) is 19.9. The molecule has 0 unspecified atom stereocenters. The van der Waals surface area contributed by atoms with Crippen LogP contribution in [0.25, 0.3) is 0 Å². The van der Waals surface area contributed by atoms with Gasteiger partial charge in [0.15, 0.2) is 0 Å². The van der Waals surface area contributed by atoms with Gasteiger partial charge >= 0.3 is 0 Å². The van der Waals surface area contributed by atoms with E-state index >= 15 is 0 Å². The van der Waals surface area contributed by atoms with Crippen LogP contribution in [-0.2, 0) is 6.54 Å². The zero-order chi connectivity index (χ0) is 16.9. The van der Waals surface area contributed by atoms with E-state index in [0.717, 1.165) is 44.5 Å². The van der Waals surface area contributed by atoms with Crippen LogP contribution in [0.15, 0.2) is 30.9 Å². The molecular weight excluding hydrogens is 312 g/mol. The smallest absolute Gasteiger partial charge is 0.225 e. The fourth-order valence-corrected chi connectivity index (χ4v) is 3.84. The topological polar surface area (TPSA) is 58.0 Å². The average Bonchev–Trinajstić information content (AvgIpc) is 2.71. The lowest BCUT2D eigenvalue weighted by Gasteiger charge is -2.34. The van der Waals surface area contributed by atoms with Gasteiger partial charge in [-0.2, -0.15) is 0 Å². The minimum atomic E-state index is 0.581. The fraction of sp³-hybridized carbons (Fsp3) is 0.579. The molecule has 2 fully saturated rings.